The van der Waals surface area contributed by atoms with Gasteiger partial charge >= 0.3 is 0 Å². The summed E-state index contributed by atoms with van der Waals surface area (Å²) in [6.07, 6.45) is 2.62. The number of H-pyrrole nitrogens is 1. The molecular weight excluding hydrogens is 323 g/mol. The van der Waals surface area contributed by atoms with E-state index < -0.39 is 0 Å². The van der Waals surface area contributed by atoms with Gasteiger partial charge in [0.25, 0.3) is 5.91 Å². The number of aromatic nitrogens is 3. The quantitative estimate of drug-likeness (QED) is 0.700. The molecule has 0 atom stereocenters. The molecule has 3 rings (SSSR count). The van der Waals surface area contributed by atoms with Crippen LogP contribution in [0.5, 0.6) is 0 Å². The van der Waals surface area contributed by atoms with Crippen LogP contribution in [0.4, 0.5) is 0 Å². The minimum absolute atomic E-state index is 0.218. The van der Waals surface area contributed by atoms with Crippen molar-refractivity contribution in [3.05, 3.63) is 52.5 Å². The number of carbonyl (C=O) groups is 1. The lowest BCUT2D eigenvalue weighted by molar-refractivity contribution is 0.0948. The second-order valence-electron chi connectivity index (χ2n) is 4.88. The van der Waals surface area contributed by atoms with Gasteiger partial charge in [-0.3, -0.25) is 4.79 Å². The van der Waals surface area contributed by atoms with Crippen LogP contribution in [-0.4, -0.2) is 27.0 Å². The van der Waals surface area contributed by atoms with Gasteiger partial charge in [-0.2, -0.15) is 0 Å². The topological polar surface area (TPSA) is 62.7 Å². The molecule has 0 spiro atoms. The third-order valence-electron chi connectivity index (χ3n) is 3.36. The molecule has 5 nitrogen and oxygen atoms in total. The van der Waals surface area contributed by atoms with Gasteiger partial charge in [0, 0.05) is 13.1 Å². The third-order valence-corrected chi connectivity index (χ3v) is 4.05. The molecule has 0 bridgehead atoms. The Morgan fingerprint density at radius 1 is 1.32 bits per heavy atom. The van der Waals surface area contributed by atoms with E-state index in [1.807, 2.05) is 30.6 Å². The molecule has 0 radical (unpaired) electrons. The van der Waals surface area contributed by atoms with Crippen molar-refractivity contribution >= 4 is 40.1 Å². The fourth-order valence-corrected chi connectivity index (χ4v) is 2.57. The van der Waals surface area contributed by atoms with Gasteiger partial charge in [-0.1, -0.05) is 35.3 Å². The first kappa shape index (κ1) is 14.9. The predicted octanol–water partition coefficient (Wildman–Crippen LogP) is 3.49. The van der Waals surface area contributed by atoms with Crippen molar-refractivity contribution in [2.45, 2.75) is 13.0 Å². The highest BCUT2D eigenvalue weighted by Gasteiger charge is 2.10. The van der Waals surface area contributed by atoms with Gasteiger partial charge < -0.3 is 14.9 Å². The van der Waals surface area contributed by atoms with Crippen LogP contribution < -0.4 is 5.32 Å². The lowest BCUT2D eigenvalue weighted by Gasteiger charge is -2.06. The molecule has 0 aliphatic heterocycles. The number of rotatable bonds is 5. The summed E-state index contributed by atoms with van der Waals surface area (Å²) in [6, 6.07) is 9.48. The first-order chi connectivity index (χ1) is 10.6. The second-order valence-corrected chi connectivity index (χ2v) is 5.67. The van der Waals surface area contributed by atoms with Gasteiger partial charge in [-0.25, -0.2) is 4.98 Å². The number of aromatic amines is 1. The molecule has 3 aromatic rings. The highest BCUT2D eigenvalue weighted by Crippen LogP contribution is 2.21. The van der Waals surface area contributed by atoms with Gasteiger partial charge in [-0.05, 0) is 24.6 Å². The van der Waals surface area contributed by atoms with Crippen molar-refractivity contribution in [2.75, 3.05) is 6.54 Å². The summed E-state index contributed by atoms with van der Waals surface area (Å²) < 4.78 is 2.07. The second kappa shape index (κ2) is 6.42. The number of para-hydroxylation sites is 2. The van der Waals surface area contributed by atoms with E-state index in [2.05, 4.69) is 19.9 Å². The molecule has 0 saturated heterocycles. The van der Waals surface area contributed by atoms with Crippen LogP contribution in [0.25, 0.3) is 11.0 Å². The van der Waals surface area contributed by atoms with Gasteiger partial charge in [0.05, 0.1) is 22.4 Å². The number of halogens is 2. The summed E-state index contributed by atoms with van der Waals surface area (Å²) in [6.45, 7) is 1.34. The Morgan fingerprint density at radius 3 is 2.91 bits per heavy atom. The van der Waals surface area contributed by atoms with Gasteiger partial charge in [0.2, 0.25) is 0 Å². The molecule has 22 heavy (non-hydrogen) atoms. The molecule has 2 N–H and O–H groups in total. The van der Waals surface area contributed by atoms with E-state index in [-0.39, 0.29) is 11.1 Å². The summed E-state index contributed by atoms with van der Waals surface area (Å²) in [5.41, 5.74) is 2.43. The minimum Gasteiger partial charge on any atom is -0.351 e. The first-order valence-corrected chi connectivity index (χ1v) is 7.63. The zero-order valence-electron chi connectivity index (χ0n) is 11.6. The third kappa shape index (κ3) is 3.10. The number of hydrogen-bond acceptors (Lipinski definition) is 2. The molecule has 0 unspecified atom stereocenters. The van der Waals surface area contributed by atoms with E-state index >= 15 is 0 Å². The average Bonchev–Trinajstić information content (AvgIpc) is 3.08. The number of imidazole rings is 1. The number of fused-ring (bicyclic) bond motifs is 1. The van der Waals surface area contributed by atoms with Crippen LogP contribution >= 0.6 is 23.2 Å². The molecule has 0 aliphatic rings. The van der Waals surface area contributed by atoms with Crippen molar-refractivity contribution < 1.29 is 4.79 Å². The maximum atomic E-state index is 11.9. The number of amides is 1. The van der Waals surface area contributed by atoms with Gasteiger partial charge in [0.1, 0.15) is 10.8 Å². The summed E-state index contributed by atoms with van der Waals surface area (Å²) in [4.78, 5) is 19.0. The number of nitrogens with one attached hydrogen (secondary N) is 2. The minimum atomic E-state index is -0.218. The van der Waals surface area contributed by atoms with Gasteiger partial charge in [-0.15, -0.1) is 0 Å². The van der Waals surface area contributed by atoms with Crippen molar-refractivity contribution in [1.29, 1.82) is 0 Å². The SMILES string of the molecule is O=C(NCCCn1cnc2ccccc21)c1cc(Cl)c(Cl)[nH]1. The van der Waals surface area contributed by atoms with E-state index in [9.17, 15) is 4.79 Å². The van der Waals surface area contributed by atoms with Crippen LogP contribution in [0.3, 0.4) is 0 Å². The Balaban J connectivity index is 1.52. The Labute approximate surface area is 137 Å². The van der Waals surface area contributed by atoms with Crippen molar-refractivity contribution in [1.82, 2.24) is 19.9 Å². The van der Waals surface area contributed by atoms with Crippen LogP contribution in [0.2, 0.25) is 10.2 Å². The van der Waals surface area contributed by atoms with E-state index in [0.717, 1.165) is 24.0 Å². The molecular formula is C15H14Cl2N4O. The Bertz CT molecular complexity index is 789. The number of hydrogen-bond donors (Lipinski definition) is 2. The van der Waals surface area contributed by atoms with E-state index in [0.29, 0.717) is 17.3 Å². The first-order valence-electron chi connectivity index (χ1n) is 6.87. The number of aryl methyl sites for hydroxylation is 1. The predicted molar refractivity (Wildman–Crippen MR) is 87.5 cm³/mol. The Hall–Kier alpha value is -1.98. The zero-order valence-corrected chi connectivity index (χ0v) is 13.2. The van der Waals surface area contributed by atoms with E-state index in [1.165, 1.54) is 6.07 Å². The van der Waals surface area contributed by atoms with E-state index in [1.54, 1.807) is 0 Å². The number of nitrogens with zero attached hydrogens (tertiary/aromatic N) is 2. The summed E-state index contributed by atoms with van der Waals surface area (Å²) in [5.74, 6) is -0.218. The lowest BCUT2D eigenvalue weighted by Crippen LogP contribution is -2.25. The highest BCUT2D eigenvalue weighted by molar-refractivity contribution is 6.41. The largest absolute Gasteiger partial charge is 0.351 e. The normalized spacial score (nSPS) is 11.0. The van der Waals surface area contributed by atoms with E-state index in [4.69, 9.17) is 23.2 Å². The average molecular weight is 337 g/mol. The molecule has 0 aliphatic carbocycles. The Morgan fingerprint density at radius 2 is 2.14 bits per heavy atom. The van der Waals surface area contributed by atoms with Crippen LogP contribution in [0, 0.1) is 0 Å². The molecule has 114 valence electrons. The zero-order chi connectivity index (χ0) is 15.5. The maximum absolute atomic E-state index is 11.9. The molecule has 0 fully saturated rings. The van der Waals surface area contributed by atoms with Crippen molar-refractivity contribution in [2.24, 2.45) is 0 Å². The molecule has 2 heterocycles. The van der Waals surface area contributed by atoms with Crippen molar-refractivity contribution in [3.63, 3.8) is 0 Å². The van der Waals surface area contributed by atoms with Gasteiger partial charge in [0.15, 0.2) is 0 Å². The number of carbonyl (C=O) groups excluding carboxylic acids is 1. The molecule has 1 aromatic carbocycles. The van der Waals surface area contributed by atoms with Crippen LogP contribution in [0.15, 0.2) is 36.7 Å². The fraction of sp³-hybridized carbons (Fsp3) is 0.200. The highest BCUT2D eigenvalue weighted by atomic mass is 35.5. The summed E-state index contributed by atoms with van der Waals surface area (Å²) in [5, 5.41) is 3.45. The maximum Gasteiger partial charge on any atom is 0.267 e. The lowest BCUT2D eigenvalue weighted by atomic mass is 10.3. The summed E-state index contributed by atoms with van der Waals surface area (Å²) >= 11 is 11.6. The Kier molecular flexibility index (Phi) is 4.36. The van der Waals surface area contributed by atoms with Crippen LogP contribution in [0.1, 0.15) is 16.9 Å². The standard InChI is InChI=1S/C15H14Cl2N4O/c16-10-8-12(20-14(10)17)15(22)18-6-3-7-21-9-19-11-4-1-2-5-13(11)21/h1-2,4-5,8-9,20H,3,6-7H2,(H,18,22). The molecule has 0 saturated carbocycles. The van der Waals surface area contributed by atoms with Crippen molar-refractivity contribution in [3.8, 4) is 0 Å². The smallest absolute Gasteiger partial charge is 0.267 e. The molecule has 2 aromatic heterocycles. The molecule has 7 heteroatoms. The summed E-state index contributed by atoms with van der Waals surface area (Å²) in [7, 11) is 0. The monoisotopic (exact) mass is 336 g/mol. The van der Waals surface area contributed by atoms with Crippen LogP contribution in [-0.2, 0) is 6.54 Å². The fourth-order valence-electron chi connectivity index (χ4n) is 2.26. The molecule has 1 amide bonds. The number of benzene rings is 1.